The number of fused-ring (bicyclic) bond motifs is 2. The minimum absolute atomic E-state index is 0.288. The second-order valence-electron chi connectivity index (χ2n) is 16.4. The molecule has 0 saturated heterocycles. The van der Waals surface area contributed by atoms with Crippen molar-refractivity contribution in [3.63, 3.8) is 0 Å². The van der Waals surface area contributed by atoms with Gasteiger partial charge in [-0.15, -0.1) is 0 Å². The van der Waals surface area contributed by atoms with Crippen LogP contribution in [0.4, 0.5) is 11.4 Å². The third-order valence-electron chi connectivity index (χ3n) is 11.6. The number of aliphatic imine (C=N–C) groups is 1. The van der Waals surface area contributed by atoms with Gasteiger partial charge in [-0.25, -0.2) is 30.4 Å². The topological polar surface area (TPSA) is 93.4 Å². The number of hydrogen-bond donors (Lipinski definition) is 0. The molecule has 0 unspecified atom stereocenters. The molecule has 0 saturated carbocycles. The number of sulfonamides is 2. The number of allylic oxidation sites excluding steroid dienone is 7. The van der Waals surface area contributed by atoms with Crippen LogP contribution in [-0.2, 0) is 37.3 Å². The Morgan fingerprint density at radius 1 is 0.845 bits per heavy atom. The summed E-state index contributed by atoms with van der Waals surface area (Å²) in [5.74, 6) is 0. The Bertz CT molecular complexity index is 2570. The van der Waals surface area contributed by atoms with Crippen molar-refractivity contribution in [1.82, 2.24) is 8.61 Å². The van der Waals surface area contributed by atoms with Gasteiger partial charge in [0.15, 0.2) is 5.71 Å². The van der Waals surface area contributed by atoms with Gasteiger partial charge in [-0.05, 0) is 123 Å². The van der Waals surface area contributed by atoms with Crippen LogP contribution in [0.2, 0.25) is 0 Å². The third kappa shape index (κ3) is 8.15. The number of benzene rings is 3. The first kappa shape index (κ1) is 43.6. The molecule has 0 aromatic heterocycles. The van der Waals surface area contributed by atoms with Crippen LogP contribution >= 0.6 is 24.0 Å². The Kier molecular flexibility index (Phi) is 12.5. The maximum absolute atomic E-state index is 13.1. The molecule has 9 nitrogen and oxygen atoms in total. The smallest absolute Gasteiger partial charge is 0.242 e. The molecule has 0 bridgehead atoms. The minimum Gasteiger partial charge on any atom is -0.347 e. The van der Waals surface area contributed by atoms with Crippen molar-refractivity contribution in [3.8, 4) is 0 Å². The SMILES string of the molecule is CN1/C(=C\C=C2/CCCC(/C=C/C3=[N+](C)c4ccc(S(=O)(=O)N(C)C)cc4C3(C)C)=C2Sc2ccc(CCN=C=S)cc2)C(C)(C)c2cc(S(=O)(=O)N(C)C)ccc21. The fourth-order valence-corrected chi connectivity index (χ4v) is 11.2. The standard InChI is InChI=1S/C45H54N5O4S4/c1-44(2)37-28-35(57(51,52)47(5)6)20-22-39(37)49(9)41(44)24-16-32-12-11-13-33(43(32)56-34-18-14-31(15-19-34)26-27-46-30-55)17-25-42-45(3,4)38-29-36(58(53,54)48(7)8)21-23-40(38)50(42)10/h14-25,28-29H,11-13,26-27H2,1-10H3/q+1. The summed E-state index contributed by atoms with van der Waals surface area (Å²) in [6.45, 7) is 9.22. The maximum atomic E-state index is 13.1. The lowest BCUT2D eigenvalue weighted by Gasteiger charge is -2.25. The molecular formula is C45H54N5O4S4+. The molecule has 2 aliphatic heterocycles. The highest BCUT2D eigenvalue weighted by atomic mass is 32.2. The van der Waals surface area contributed by atoms with E-state index in [0.717, 1.165) is 64.5 Å². The van der Waals surface area contributed by atoms with Crippen LogP contribution in [0.5, 0.6) is 0 Å². The zero-order valence-electron chi connectivity index (χ0n) is 35.1. The average Bonchev–Trinajstić information content (AvgIpc) is 3.49. The first-order chi connectivity index (χ1) is 27.2. The number of anilines is 1. The first-order valence-corrected chi connectivity index (χ1v) is 23.5. The summed E-state index contributed by atoms with van der Waals surface area (Å²) in [5, 5.41) is 2.45. The normalized spacial score (nSPS) is 19.2. The van der Waals surface area contributed by atoms with Crippen LogP contribution < -0.4 is 4.90 Å². The summed E-state index contributed by atoms with van der Waals surface area (Å²) in [6, 6.07) is 19.5. The van der Waals surface area contributed by atoms with Crippen LogP contribution in [0.1, 0.15) is 63.6 Å². The van der Waals surface area contributed by atoms with E-state index >= 15 is 0 Å². The summed E-state index contributed by atoms with van der Waals surface area (Å²) in [5.41, 5.74) is 8.91. The molecule has 3 aromatic carbocycles. The molecule has 1 aliphatic carbocycles. The lowest BCUT2D eigenvalue weighted by molar-refractivity contribution is -0.401. The summed E-state index contributed by atoms with van der Waals surface area (Å²) in [4.78, 5) is 9.17. The van der Waals surface area contributed by atoms with Gasteiger partial charge in [0, 0.05) is 79.5 Å². The van der Waals surface area contributed by atoms with Crippen molar-refractivity contribution in [3.05, 3.63) is 123 Å². The van der Waals surface area contributed by atoms with Crippen LogP contribution in [0, 0.1) is 0 Å². The van der Waals surface area contributed by atoms with Gasteiger partial charge >= 0.3 is 0 Å². The molecule has 306 valence electrons. The van der Waals surface area contributed by atoms with Crippen molar-refractivity contribution in [2.75, 3.05) is 53.7 Å². The number of likely N-dealkylation sites (N-methyl/N-ethyl adjacent to an activating group) is 1. The lowest BCUT2D eigenvalue weighted by atomic mass is 9.81. The number of thioether (sulfide) groups is 1. The van der Waals surface area contributed by atoms with E-state index in [9.17, 15) is 16.8 Å². The van der Waals surface area contributed by atoms with Gasteiger partial charge in [0.05, 0.1) is 26.9 Å². The van der Waals surface area contributed by atoms with Gasteiger partial charge in [0.2, 0.25) is 25.7 Å². The Morgan fingerprint density at radius 2 is 1.47 bits per heavy atom. The molecule has 58 heavy (non-hydrogen) atoms. The van der Waals surface area contributed by atoms with E-state index in [1.165, 1.54) is 30.2 Å². The molecule has 0 fully saturated rings. The molecule has 0 amide bonds. The Balaban J connectivity index is 1.41. The zero-order valence-corrected chi connectivity index (χ0v) is 38.4. The molecule has 3 aliphatic rings. The summed E-state index contributed by atoms with van der Waals surface area (Å²) >= 11 is 6.52. The van der Waals surface area contributed by atoms with Gasteiger partial charge in [0.25, 0.3) is 0 Å². The largest absolute Gasteiger partial charge is 0.347 e. The van der Waals surface area contributed by atoms with Gasteiger partial charge in [-0.1, -0.05) is 49.9 Å². The Morgan fingerprint density at radius 3 is 2.09 bits per heavy atom. The van der Waals surface area contributed by atoms with E-state index in [-0.39, 0.29) is 9.79 Å². The molecule has 0 atom stereocenters. The maximum Gasteiger partial charge on any atom is 0.242 e. The quantitative estimate of drug-likeness (QED) is 0.102. The van der Waals surface area contributed by atoms with Crippen molar-refractivity contribution in [1.29, 1.82) is 0 Å². The highest BCUT2D eigenvalue weighted by molar-refractivity contribution is 8.03. The predicted octanol–water partition coefficient (Wildman–Crippen LogP) is 8.86. The van der Waals surface area contributed by atoms with Crippen LogP contribution in [0.3, 0.4) is 0 Å². The predicted molar refractivity (Wildman–Crippen MR) is 242 cm³/mol. The van der Waals surface area contributed by atoms with Crippen LogP contribution in [-0.4, -0.2) is 89.7 Å². The highest BCUT2D eigenvalue weighted by Crippen LogP contribution is 2.49. The van der Waals surface area contributed by atoms with Crippen molar-refractivity contribution >= 4 is 66.3 Å². The van der Waals surface area contributed by atoms with Crippen molar-refractivity contribution < 1.29 is 21.4 Å². The number of thiocarbonyl (C=S) groups is 1. The van der Waals surface area contributed by atoms with Gasteiger partial charge in [0.1, 0.15) is 7.05 Å². The van der Waals surface area contributed by atoms with Gasteiger partial charge in [-0.2, -0.15) is 4.58 Å². The monoisotopic (exact) mass is 856 g/mol. The fraction of sp³-hybridized carbons (Fsp3) is 0.378. The van der Waals surface area contributed by atoms with E-state index < -0.39 is 30.9 Å². The molecule has 6 rings (SSSR count). The average molecular weight is 857 g/mol. The van der Waals surface area contributed by atoms with Gasteiger partial charge < -0.3 is 4.90 Å². The number of nitrogens with zero attached hydrogens (tertiary/aromatic N) is 5. The molecule has 0 spiro atoms. The summed E-state index contributed by atoms with van der Waals surface area (Å²) < 4.78 is 57.0. The first-order valence-electron chi connectivity index (χ1n) is 19.3. The molecular weight excluding hydrogens is 803 g/mol. The molecule has 0 radical (unpaired) electrons. The van der Waals surface area contributed by atoms with Gasteiger partial charge in [-0.3, -0.25) is 0 Å². The van der Waals surface area contributed by atoms with E-state index in [4.69, 9.17) is 12.2 Å². The molecule has 3 aromatic rings. The van der Waals surface area contributed by atoms with E-state index in [1.807, 2.05) is 38.4 Å². The lowest BCUT2D eigenvalue weighted by Crippen LogP contribution is -2.27. The van der Waals surface area contributed by atoms with E-state index in [1.54, 1.807) is 52.1 Å². The number of rotatable bonds is 12. The fourth-order valence-electron chi connectivity index (χ4n) is 8.16. The second-order valence-corrected chi connectivity index (χ2v) is 22.0. The number of hydrogen-bond acceptors (Lipinski definition) is 8. The third-order valence-corrected chi connectivity index (χ3v) is 16.6. The van der Waals surface area contributed by atoms with Crippen molar-refractivity contribution in [2.45, 2.75) is 78.9 Å². The Labute approximate surface area is 355 Å². The summed E-state index contributed by atoms with van der Waals surface area (Å²) in [7, 11) is 3.15. The number of isothiocyanates is 1. The van der Waals surface area contributed by atoms with E-state index in [0.29, 0.717) is 6.54 Å². The molecule has 13 heteroatoms. The zero-order chi connectivity index (χ0) is 42.4. The van der Waals surface area contributed by atoms with Crippen molar-refractivity contribution in [2.24, 2.45) is 4.99 Å². The molecule has 0 N–H and O–H groups in total. The van der Waals surface area contributed by atoms with E-state index in [2.05, 4.69) is 95.9 Å². The van der Waals surface area contributed by atoms with Crippen LogP contribution in [0.25, 0.3) is 0 Å². The molecule has 2 heterocycles. The summed E-state index contributed by atoms with van der Waals surface area (Å²) in [6.07, 6.45) is 12.5. The van der Waals surface area contributed by atoms with Crippen LogP contribution in [0.15, 0.2) is 126 Å². The second kappa shape index (κ2) is 16.6. The highest BCUT2D eigenvalue weighted by Gasteiger charge is 2.44. The Hall–Kier alpha value is -3.94. The minimum atomic E-state index is -3.59.